The first-order valence-electron chi connectivity index (χ1n) is 7.33. The molecule has 0 amide bonds. The minimum atomic E-state index is -0.199. The van der Waals surface area contributed by atoms with Crippen LogP contribution in [0.25, 0.3) is 5.57 Å². The van der Waals surface area contributed by atoms with Crippen LogP contribution in [0, 0.1) is 5.92 Å². The summed E-state index contributed by atoms with van der Waals surface area (Å²) in [5, 5.41) is 0. The smallest absolute Gasteiger partial charge is 0.339 e. The van der Waals surface area contributed by atoms with Crippen LogP contribution in [-0.4, -0.2) is 24.8 Å². The van der Waals surface area contributed by atoms with Gasteiger partial charge in [0, 0.05) is 6.61 Å². The summed E-state index contributed by atoms with van der Waals surface area (Å²) in [4.78, 5) is 12.3. The Balaban J connectivity index is 2.00. The average molecular weight is 272 g/mol. The molecule has 0 unspecified atom stereocenters. The fraction of sp³-hybridized carbons (Fsp3) is 0.471. The largest absolute Gasteiger partial charge is 0.451 e. The third-order valence-electron chi connectivity index (χ3n) is 4.25. The molecule has 3 nitrogen and oxygen atoms in total. The highest BCUT2D eigenvalue weighted by Gasteiger charge is 2.44. The molecule has 0 spiro atoms. The molecule has 20 heavy (non-hydrogen) atoms. The summed E-state index contributed by atoms with van der Waals surface area (Å²) < 4.78 is 11.5. The number of hydrogen-bond acceptors (Lipinski definition) is 3. The second kappa shape index (κ2) is 5.41. The summed E-state index contributed by atoms with van der Waals surface area (Å²) in [5.74, 6) is 0.224. The van der Waals surface area contributed by atoms with E-state index in [9.17, 15) is 4.79 Å². The fourth-order valence-electron chi connectivity index (χ4n) is 3.25. The molecular weight excluding hydrogens is 252 g/mol. The second-order valence-corrected chi connectivity index (χ2v) is 5.53. The van der Waals surface area contributed by atoms with Gasteiger partial charge in [-0.15, -0.1) is 0 Å². The van der Waals surface area contributed by atoms with E-state index in [1.165, 1.54) is 0 Å². The van der Waals surface area contributed by atoms with Crippen LogP contribution < -0.4 is 0 Å². The topological polar surface area (TPSA) is 35.5 Å². The molecule has 2 aliphatic rings. The van der Waals surface area contributed by atoms with Gasteiger partial charge in [-0.25, -0.2) is 4.79 Å². The van der Waals surface area contributed by atoms with Gasteiger partial charge in [-0.2, -0.15) is 0 Å². The maximum Gasteiger partial charge on any atom is 0.339 e. The van der Waals surface area contributed by atoms with E-state index in [-0.39, 0.29) is 18.2 Å². The van der Waals surface area contributed by atoms with Gasteiger partial charge >= 0.3 is 5.97 Å². The number of benzene rings is 1. The summed E-state index contributed by atoms with van der Waals surface area (Å²) in [6, 6.07) is 9.81. The first kappa shape index (κ1) is 13.4. The molecule has 3 heteroatoms. The van der Waals surface area contributed by atoms with Gasteiger partial charge in [-0.05, 0) is 36.8 Å². The van der Waals surface area contributed by atoms with Crippen molar-refractivity contribution in [2.75, 3.05) is 6.61 Å². The molecule has 106 valence electrons. The highest BCUT2D eigenvalue weighted by atomic mass is 16.6. The predicted octanol–water partition coefficient (Wildman–Crippen LogP) is 3.20. The minimum absolute atomic E-state index is 0.00564. The van der Waals surface area contributed by atoms with Crippen molar-refractivity contribution in [2.24, 2.45) is 5.92 Å². The Morgan fingerprint density at radius 1 is 1.30 bits per heavy atom. The van der Waals surface area contributed by atoms with E-state index in [1.54, 1.807) is 0 Å². The van der Waals surface area contributed by atoms with E-state index in [0.717, 1.165) is 29.6 Å². The van der Waals surface area contributed by atoms with E-state index in [1.807, 2.05) is 37.3 Å². The van der Waals surface area contributed by atoms with Crippen LogP contribution in [0.4, 0.5) is 0 Å². The van der Waals surface area contributed by atoms with Crippen molar-refractivity contribution in [1.29, 1.82) is 0 Å². The zero-order valence-corrected chi connectivity index (χ0v) is 12.0. The van der Waals surface area contributed by atoms with Crippen LogP contribution in [0.5, 0.6) is 0 Å². The molecule has 1 aromatic rings. The molecule has 1 fully saturated rings. The molecule has 3 atom stereocenters. The van der Waals surface area contributed by atoms with Crippen molar-refractivity contribution in [1.82, 2.24) is 0 Å². The van der Waals surface area contributed by atoms with Gasteiger partial charge in [0.05, 0.1) is 5.57 Å². The molecule has 0 aromatic heterocycles. The van der Waals surface area contributed by atoms with Crippen LogP contribution in [0.3, 0.4) is 0 Å². The summed E-state index contributed by atoms with van der Waals surface area (Å²) in [6.45, 7) is 4.81. The van der Waals surface area contributed by atoms with Crippen LogP contribution in [0.15, 0.2) is 35.9 Å². The third kappa shape index (κ3) is 2.16. The summed E-state index contributed by atoms with van der Waals surface area (Å²) in [5.41, 5.74) is 2.84. The first-order valence-corrected chi connectivity index (χ1v) is 7.33. The number of rotatable bonds is 3. The maximum absolute atomic E-state index is 12.3. The molecule has 1 aliphatic carbocycles. The van der Waals surface area contributed by atoms with E-state index < -0.39 is 0 Å². The zero-order valence-electron chi connectivity index (χ0n) is 12.0. The molecule has 3 rings (SSSR count). The second-order valence-electron chi connectivity index (χ2n) is 5.53. The normalized spacial score (nSPS) is 29.3. The van der Waals surface area contributed by atoms with E-state index in [4.69, 9.17) is 9.47 Å². The fourth-order valence-corrected chi connectivity index (χ4v) is 3.25. The Morgan fingerprint density at radius 2 is 2.05 bits per heavy atom. The van der Waals surface area contributed by atoms with Gasteiger partial charge in [0.25, 0.3) is 0 Å². The molecule has 1 aliphatic heterocycles. The lowest BCUT2D eigenvalue weighted by Crippen LogP contribution is -2.40. The Bertz CT molecular complexity index is 532. The summed E-state index contributed by atoms with van der Waals surface area (Å²) >= 11 is 0. The van der Waals surface area contributed by atoms with E-state index in [2.05, 4.69) is 6.92 Å². The van der Waals surface area contributed by atoms with Crippen molar-refractivity contribution >= 4 is 11.5 Å². The van der Waals surface area contributed by atoms with E-state index in [0.29, 0.717) is 12.5 Å². The monoisotopic (exact) mass is 272 g/mol. The van der Waals surface area contributed by atoms with Gasteiger partial charge in [0.1, 0.15) is 6.10 Å². The number of hydrogen-bond donors (Lipinski definition) is 0. The lowest BCUT2D eigenvalue weighted by Gasteiger charge is -2.34. The molecule has 0 radical (unpaired) electrons. The standard InChI is InChI=1S/C17H20O3/c1-3-19-15-11(2)9-10-13-14(17(18)20-16(13)15)12-7-5-4-6-8-12/h4-8,11,15-16H,3,9-10H2,1-2H3/t11-,15-,16+/m0/s1. The molecular formula is C17H20O3. The highest BCUT2D eigenvalue weighted by Crippen LogP contribution is 2.42. The van der Waals surface area contributed by atoms with Crippen LogP contribution >= 0.6 is 0 Å². The van der Waals surface area contributed by atoms with Crippen LogP contribution in [-0.2, 0) is 14.3 Å². The van der Waals surface area contributed by atoms with Gasteiger partial charge in [0.15, 0.2) is 6.10 Å². The molecule has 1 heterocycles. The number of ether oxygens (including phenoxy) is 2. The van der Waals surface area contributed by atoms with Crippen molar-refractivity contribution < 1.29 is 14.3 Å². The number of fused-ring (bicyclic) bond motifs is 1. The number of carbonyl (C=O) groups is 1. The van der Waals surface area contributed by atoms with Gasteiger partial charge in [-0.1, -0.05) is 37.3 Å². The quantitative estimate of drug-likeness (QED) is 0.793. The Hall–Kier alpha value is -1.61. The van der Waals surface area contributed by atoms with Crippen molar-refractivity contribution in [3.05, 3.63) is 41.5 Å². The average Bonchev–Trinajstić information content (AvgIpc) is 2.79. The zero-order chi connectivity index (χ0) is 14.1. The highest BCUT2D eigenvalue weighted by molar-refractivity contribution is 6.19. The number of carbonyl (C=O) groups excluding carboxylic acids is 1. The Kier molecular flexibility index (Phi) is 3.62. The van der Waals surface area contributed by atoms with Gasteiger partial charge < -0.3 is 9.47 Å². The Labute approximate surface area is 119 Å². The SMILES string of the molecule is CCO[C@@H]1[C@@H]2OC(=O)C(c3ccccc3)=C2CC[C@@H]1C. The van der Waals surface area contributed by atoms with Gasteiger partial charge in [0.2, 0.25) is 0 Å². The molecule has 1 aromatic carbocycles. The van der Waals surface area contributed by atoms with Crippen molar-refractivity contribution in [3.8, 4) is 0 Å². The van der Waals surface area contributed by atoms with Crippen LogP contribution in [0.1, 0.15) is 32.3 Å². The van der Waals surface area contributed by atoms with Crippen molar-refractivity contribution in [2.45, 2.75) is 38.9 Å². The molecule has 0 N–H and O–H groups in total. The predicted molar refractivity (Wildman–Crippen MR) is 77.1 cm³/mol. The molecule has 1 saturated carbocycles. The van der Waals surface area contributed by atoms with Gasteiger partial charge in [-0.3, -0.25) is 0 Å². The minimum Gasteiger partial charge on any atom is -0.451 e. The molecule has 0 bridgehead atoms. The maximum atomic E-state index is 12.3. The third-order valence-corrected chi connectivity index (χ3v) is 4.25. The summed E-state index contributed by atoms with van der Waals surface area (Å²) in [6.07, 6.45) is 1.77. The number of esters is 1. The molecule has 0 saturated heterocycles. The first-order chi connectivity index (χ1) is 9.72. The lowest BCUT2D eigenvalue weighted by atomic mass is 9.80. The van der Waals surface area contributed by atoms with E-state index >= 15 is 0 Å². The Morgan fingerprint density at radius 3 is 2.75 bits per heavy atom. The lowest BCUT2D eigenvalue weighted by molar-refractivity contribution is -0.147. The summed E-state index contributed by atoms with van der Waals surface area (Å²) in [7, 11) is 0. The van der Waals surface area contributed by atoms with Crippen LogP contribution in [0.2, 0.25) is 0 Å². The van der Waals surface area contributed by atoms with Crippen molar-refractivity contribution in [3.63, 3.8) is 0 Å².